The Bertz CT molecular complexity index is 663. The van der Waals surface area contributed by atoms with Gasteiger partial charge >= 0.3 is 5.97 Å². The fourth-order valence-electron chi connectivity index (χ4n) is 1.69. The maximum absolute atomic E-state index is 12.1. The van der Waals surface area contributed by atoms with Crippen molar-refractivity contribution in [1.29, 1.82) is 0 Å². The maximum Gasteiger partial charge on any atom is 0.339 e. The second kappa shape index (κ2) is 5.92. The topological polar surface area (TPSA) is 68.5 Å². The van der Waals surface area contributed by atoms with E-state index in [0.29, 0.717) is 21.5 Å². The third-order valence-electron chi connectivity index (χ3n) is 2.69. The Kier molecular flexibility index (Phi) is 4.24. The van der Waals surface area contributed by atoms with E-state index >= 15 is 0 Å². The lowest BCUT2D eigenvalue weighted by atomic mass is 10.1. The van der Waals surface area contributed by atoms with Crippen molar-refractivity contribution in [1.82, 2.24) is 0 Å². The summed E-state index contributed by atoms with van der Waals surface area (Å²) in [5, 5.41) is 2.67. The van der Waals surface area contributed by atoms with E-state index in [2.05, 4.69) is 21.2 Å². The van der Waals surface area contributed by atoms with Crippen LogP contribution in [0.1, 0.15) is 26.3 Å². The van der Waals surface area contributed by atoms with Crippen LogP contribution in [0.5, 0.6) is 0 Å². The molecular weight excluding hydrogens is 326 g/mol. The SMILES string of the molecule is COC(=O)c1cc(C)ccc1NC(=O)c1ccoc1Br. The van der Waals surface area contributed by atoms with E-state index in [0.717, 1.165) is 5.56 Å². The van der Waals surface area contributed by atoms with E-state index in [9.17, 15) is 9.59 Å². The van der Waals surface area contributed by atoms with Gasteiger partial charge in [-0.2, -0.15) is 0 Å². The summed E-state index contributed by atoms with van der Waals surface area (Å²) < 4.78 is 10.1. The summed E-state index contributed by atoms with van der Waals surface area (Å²) in [6, 6.07) is 6.65. The number of furan rings is 1. The van der Waals surface area contributed by atoms with Gasteiger partial charge in [0.25, 0.3) is 5.91 Å². The van der Waals surface area contributed by atoms with Gasteiger partial charge in [-0.1, -0.05) is 11.6 Å². The summed E-state index contributed by atoms with van der Waals surface area (Å²) in [6.07, 6.45) is 1.40. The van der Waals surface area contributed by atoms with Gasteiger partial charge in [-0.3, -0.25) is 4.79 Å². The van der Waals surface area contributed by atoms with Crippen LogP contribution in [0.3, 0.4) is 0 Å². The zero-order valence-corrected chi connectivity index (χ0v) is 12.5. The third-order valence-corrected chi connectivity index (χ3v) is 3.31. The number of hydrogen-bond donors (Lipinski definition) is 1. The molecule has 1 aromatic heterocycles. The molecule has 1 heterocycles. The van der Waals surface area contributed by atoms with Crippen molar-refractivity contribution >= 4 is 33.5 Å². The number of carbonyl (C=O) groups is 2. The summed E-state index contributed by atoms with van der Waals surface area (Å²) in [7, 11) is 1.29. The highest BCUT2D eigenvalue weighted by molar-refractivity contribution is 9.10. The molecule has 6 heteroatoms. The van der Waals surface area contributed by atoms with Crippen LogP contribution in [0.4, 0.5) is 5.69 Å². The van der Waals surface area contributed by atoms with Crippen molar-refractivity contribution < 1.29 is 18.7 Å². The quantitative estimate of drug-likeness (QED) is 0.871. The number of anilines is 1. The van der Waals surface area contributed by atoms with Gasteiger partial charge in [-0.15, -0.1) is 0 Å². The van der Waals surface area contributed by atoms with Crippen LogP contribution in [-0.2, 0) is 4.74 Å². The Morgan fingerprint density at radius 2 is 2.00 bits per heavy atom. The highest BCUT2D eigenvalue weighted by Crippen LogP contribution is 2.22. The number of benzene rings is 1. The number of esters is 1. The Labute approximate surface area is 124 Å². The molecule has 0 aliphatic carbocycles. The first kappa shape index (κ1) is 14.3. The second-order valence-corrected chi connectivity index (χ2v) is 4.82. The minimum Gasteiger partial charge on any atom is -0.465 e. The number of methoxy groups -OCH3 is 1. The number of rotatable bonds is 3. The number of hydrogen-bond acceptors (Lipinski definition) is 4. The standard InChI is InChI=1S/C14H12BrNO4/c1-8-3-4-11(10(7-8)14(18)19-2)16-13(17)9-5-6-20-12(9)15/h3-7H,1-2H3,(H,16,17). The van der Waals surface area contributed by atoms with Crippen LogP contribution in [0, 0.1) is 6.92 Å². The number of carbonyl (C=O) groups excluding carboxylic acids is 2. The Hall–Kier alpha value is -2.08. The predicted molar refractivity (Wildman–Crippen MR) is 76.9 cm³/mol. The second-order valence-electron chi connectivity index (χ2n) is 4.10. The highest BCUT2D eigenvalue weighted by Gasteiger charge is 2.17. The van der Waals surface area contributed by atoms with Crippen molar-refractivity contribution in [2.45, 2.75) is 6.92 Å². The van der Waals surface area contributed by atoms with Crippen molar-refractivity contribution in [2.24, 2.45) is 0 Å². The first-order chi connectivity index (χ1) is 9.52. The minimum absolute atomic E-state index is 0.306. The molecule has 0 fully saturated rings. The average molecular weight is 338 g/mol. The van der Waals surface area contributed by atoms with Crippen molar-refractivity contribution in [3.05, 3.63) is 51.9 Å². The zero-order valence-electron chi connectivity index (χ0n) is 10.9. The molecule has 0 bridgehead atoms. The highest BCUT2D eigenvalue weighted by atomic mass is 79.9. The first-order valence-corrected chi connectivity index (χ1v) is 6.55. The molecule has 2 rings (SSSR count). The Morgan fingerprint density at radius 1 is 1.25 bits per heavy atom. The lowest BCUT2D eigenvalue weighted by Crippen LogP contribution is -2.15. The molecule has 2 aromatic rings. The molecule has 0 spiro atoms. The Morgan fingerprint density at radius 3 is 2.60 bits per heavy atom. The largest absolute Gasteiger partial charge is 0.465 e. The van der Waals surface area contributed by atoms with Gasteiger partial charge in [0, 0.05) is 0 Å². The van der Waals surface area contributed by atoms with Crippen LogP contribution < -0.4 is 5.32 Å². The first-order valence-electron chi connectivity index (χ1n) is 5.76. The molecule has 0 atom stereocenters. The number of halogens is 1. The molecule has 1 N–H and O–H groups in total. The molecule has 20 heavy (non-hydrogen) atoms. The molecule has 0 saturated carbocycles. The van der Waals surface area contributed by atoms with Crippen molar-refractivity contribution in [3.63, 3.8) is 0 Å². The van der Waals surface area contributed by atoms with Gasteiger partial charge in [0.2, 0.25) is 0 Å². The monoisotopic (exact) mass is 337 g/mol. The van der Waals surface area contributed by atoms with Crippen LogP contribution in [0.15, 0.2) is 39.6 Å². The number of amides is 1. The van der Waals surface area contributed by atoms with E-state index in [4.69, 9.17) is 9.15 Å². The van der Waals surface area contributed by atoms with Crippen LogP contribution in [0.25, 0.3) is 0 Å². The fourth-order valence-corrected chi connectivity index (χ4v) is 2.11. The average Bonchev–Trinajstić information content (AvgIpc) is 2.86. The third kappa shape index (κ3) is 2.91. The van der Waals surface area contributed by atoms with E-state index in [-0.39, 0.29) is 5.91 Å². The van der Waals surface area contributed by atoms with Gasteiger partial charge in [0.1, 0.15) is 0 Å². The van der Waals surface area contributed by atoms with Gasteiger partial charge in [0.05, 0.1) is 30.2 Å². The van der Waals surface area contributed by atoms with Gasteiger partial charge < -0.3 is 14.5 Å². The Balaban J connectivity index is 2.32. The summed E-state index contributed by atoms with van der Waals surface area (Å²) in [4.78, 5) is 23.8. The summed E-state index contributed by atoms with van der Waals surface area (Å²) >= 11 is 3.13. The summed E-state index contributed by atoms with van der Waals surface area (Å²) in [5.41, 5.74) is 1.94. The number of ether oxygens (including phenoxy) is 1. The number of aryl methyl sites for hydroxylation is 1. The molecule has 1 aromatic carbocycles. The zero-order chi connectivity index (χ0) is 14.7. The maximum atomic E-state index is 12.1. The molecule has 104 valence electrons. The van der Waals surface area contributed by atoms with Gasteiger partial charge in [-0.05, 0) is 41.1 Å². The van der Waals surface area contributed by atoms with Crippen molar-refractivity contribution in [3.8, 4) is 0 Å². The molecule has 0 saturated heterocycles. The smallest absolute Gasteiger partial charge is 0.339 e. The molecule has 5 nitrogen and oxygen atoms in total. The van der Waals surface area contributed by atoms with Crippen molar-refractivity contribution in [2.75, 3.05) is 12.4 Å². The minimum atomic E-state index is -0.504. The van der Waals surface area contributed by atoms with E-state index in [1.54, 1.807) is 18.2 Å². The molecule has 0 aliphatic rings. The predicted octanol–water partition coefficient (Wildman–Crippen LogP) is 3.39. The van der Waals surface area contributed by atoms with E-state index in [1.807, 2.05) is 6.92 Å². The molecule has 1 amide bonds. The van der Waals surface area contributed by atoms with E-state index < -0.39 is 5.97 Å². The van der Waals surface area contributed by atoms with Crippen LogP contribution >= 0.6 is 15.9 Å². The van der Waals surface area contributed by atoms with E-state index in [1.165, 1.54) is 19.4 Å². The molecule has 0 aliphatic heterocycles. The summed E-state index contributed by atoms with van der Waals surface area (Å²) in [6.45, 7) is 1.85. The van der Waals surface area contributed by atoms with Gasteiger partial charge in [0.15, 0.2) is 4.67 Å². The number of nitrogens with one attached hydrogen (secondary N) is 1. The summed E-state index contributed by atoms with van der Waals surface area (Å²) in [5.74, 6) is -0.880. The lowest BCUT2D eigenvalue weighted by molar-refractivity contribution is 0.0602. The van der Waals surface area contributed by atoms with Crippen LogP contribution in [-0.4, -0.2) is 19.0 Å². The molecular formula is C14H12BrNO4. The van der Waals surface area contributed by atoms with Gasteiger partial charge in [-0.25, -0.2) is 4.79 Å². The lowest BCUT2D eigenvalue weighted by Gasteiger charge is -2.10. The molecule has 0 unspecified atom stereocenters. The fraction of sp³-hybridized carbons (Fsp3) is 0.143. The molecule has 0 radical (unpaired) electrons. The normalized spacial score (nSPS) is 10.2. The van der Waals surface area contributed by atoms with Crippen LogP contribution in [0.2, 0.25) is 0 Å².